The van der Waals surface area contributed by atoms with Crippen LogP contribution in [0, 0.1) is 6.92 Å². The highest BCUT2D eigenvalue weighted by atomic mass is 35.5. The average Bonchev–Trinajstić information content (AvgIpc) is 2.86. The first-order valence-electron chi connectivity index (χ1n) is 11.8. The molecule has 1 saturated heterocycles. The number of piperazine rings is 1. The lowest BCUT2D eigenvalue weighted by atomic mass is 10.1. The third-order valence-electron chi connectivity index (χ3n) is 6.22. The third kappa shape index (κ3) is 5.44. The Morgan fingerprint density at radius 1 is 1.21 bits per heavy atom. The molecule has 38 heavy (non-hydrogen) atoms. The zero-order valence-electron chi connectivity index (χ0n) is 20.4. The number of benzene rings is 1. The first-order valence-corrected chi connectivity index (χ1v) is 12.1. The fourth-order valence-corrected chi connectivity index (χ4v) is 4.66. The molecule has 0 bridgehead atoms. The topological polar surface area (TPSA) is 92.2 Å². The predicted octanol–water partition coefficient (Wildman–Crippen LogP) is 4.32. The van der Waals surface area contributed by atoms with Gasteiger partial charge in [-0.15, -0.1) is 0 Å². The molecule has 1 aliphatic heterocycles. The lowest BCUT2D eigenvalue weighted by Gasteiger charge is -2.32. The summed E-state index contributed by atoms with van der Waals surface area (Å²) in [6.07, 6.45) is -7.26. The van der Waals surface area contributed by atoms with Crippen molar-refractivity contribution in [2.45, 2.75) is 39.4 Å². The van der Waals surface area contributed by atoms with E-state index in [4.69, 9.17) is 11.6 Å². The van der Waals surface area contributed by atoms with Crippen LogP contribution in [0.4, 0.5) is 33.3 Å². The number of carbonyl (C=O) groups is 1. The number of nitrogens with zero attached hydrogens (tertiary/aromatic N) is 4. The second kappa shape index (κ2) is 10.8. The second-order valence-electron chi connectivity index (χ2n) is 8.71. The summed E-state index contributed by atoms with van der Waals surface area (Å²) in [6, 6.07) is 2.53. The molecule has 4 rings (SSSR count). The average molecular weight is 559 g/mol. The van der Waals surface area contributed by atoms with Crippen LogP contribution in [0.15, 0.2) is 23.0 Å². The molecule has 0 aliphatic carbocycles. The Hall–Kier alpha value is -3.32. The van der Waals surface area contributed by atoms with Gasteiger partial charge in [-0.1, -0.05) is 18.5 Å². The van der Waals surface area contributed by atoms with E-state index in [-0.39, 0.29) is 33.3 Å². The van der Waals surface area contributed by atoms with Crippen molar-refractivity contribution < 1.29 is 26.7 Å². The molecule has 0 atom stereocenters. The largest absolute Gasteiger partial charge is 0.416 e. The van der Waals surface area contributed by atoms with Crippen molar-refractivity contribution in [2.24, 2.45) is 0 Å². The van der Waals surface area contributed by atoms with E-state index in [1.807, 2.05) is 4.90 Å². The normalized spacial score (nSPS) is 14.4. The number of anilines is 2. The maximum absolute atomic E-state index is 13.6. The van der Waals surface area contributed by atoms with Crippen molar-refractivity contribution in [3.63, 3.8) is 0 Å². The van der Waals surface area contributed by atoms with Gasteiger partial charge in [0.2, 0.25) is 11.3 Å². The summed E-state index contributed by atoms with van der Waals surface area (Å²) < 4.78 is 67.6. The van der Waals surface area contributed by atoms with Crippen molar-refractivity contribution in [3.8, 4) is 0 Å². The van der Waals surface area contributed by atoms with Crippen LogP contribution in [0.25, 0.3) is 11.2 Å². The number of pyridine rings is 1. The molecule has 2 N–H and O–H groups in total. The first-order chi connectivity index (χ1) is 17.9. The van der Waals surface area contributed by atoms with Crippen molar-refractivity contribution in [1.82, 2.24) is 19.9 Å². The van der Waals surface area contributed by atoms with Crippen LogP contribution in [-0.4, -0.2) is 46.6 Å². The first kappa shape index (κ1) is 27.7. The summed E-state index contributed by atoms with van der Waals surface area (Å²) in [5, 5.41) is 5.35. The van der Waals surface area contributed by atoms with E-state index >= 15 is 0 Å². The SMILES string of the molecule is CCc1c(N2CCNCC2)c(=O)c2nc(C(F)F)c(C)nc2n1CC(=O)Nc1ccc(C(F)(F)F)cc1Cl. The number of rotatable bonds is 6. The monoisotopic (exact) mass is 558 g/mol. The number of aryl methyl sites for hydroxylation is 1. The fourth-order valence-electron chi connectivity index (χ4n) is 4.44. The highest BCUT2D eigenvalue weighted by molar-refractivity contribution is 6.33. The van der Waals surface area contributed by atoms with Crippen LogP contribution >= 0.6 is 11.6 Å². The van der Waals surface area contributed by atoms with E-state index in [0.717, 1.165) is 12.1 Å². The number of alkyl halides is 5. The number of aromatic nitrogens is 3. The molecule has 3 aromatic rings. The number of hydrogen-bond acceptors (Lipinski definition) is 6. The van der Waals surface area contributed by atoms with Crippen LogP contribution in [-0.2, 0) is 23.9 Å². The molecule has 0 saturated carbocycles. The summed E-state index contributed by atoms with van der Waals surface area (Å²) >= 11 is 5.98. The Labute approximate surface area is 218 Å². The van der Waals surface area contributed by atoms with Crippen molar-refractivity contribution in [2.75, 3.05) is 36.4 Å². The van der Waals surface area contributed by atoms with Gasteiger partial charge in [-0.3, -0.25) is 9.59 Å². The molecule has 0 spiro atoms. The summed E-state index contributed by atoms with van der Waals surface area (Å²) in [5.74, 6) is -0.671. The zero-order chi connectivity index (χ0) is 27.8. The molecule has 0 radical (unpaired) electrons. The minimum Gasteiger partial charge on any atom is -0.364 e. The number of nitrogens with one attached hydrogen (secondary N) is 2. The van der Waals surface area contributed by atoms with Crippen LogP contribution < -0.4 is 21.0 Å². The molecule has 8 nitrogen and oxygen atoms in total. The second-order valence-corrected chi connectivity index (χ2v) is 9.12. The smallest absolute Gasteiger partial charge is 0.364 e. The molecule has 14 heteroatoms. The lowest BCUT2D eigenvalue weighted by Crippen LogP contribution is -2.46. The van der Waals surface area contributed by atoms with E-state index in [0.29, 0.717) is 44.4 Å². The molecular weight excluding hydrogens is 535 g/mol. The molecule has 204 valence electrons. The standard InChI is InChI=1S/C24H24ClF5N6O2/c1-3-16-20(35-8-6-31-7-9-35)21(38)19-23(32-12(2)18(34-19)22(26)27)36(16)11-17(37)33-15-5-4-13(10-14(15)25)24(28,29)30/h4-5,10,22,31H,3,6-9,11H2,1-2H3,(H,33,37). The number of amides is 1. The van der Waals surface area contributed by atoms with Crippen molar-refractivity contribution in [1.29, 1.82) is 0 Å². The third-order valence-corrected chi connectivity index (χ3v) is 6.53. The van der Waals surface area contributed by atoms with Gasteiger partial charge in [0.15, 0.2) is 11.2 Å². The predicted molar refractivity (Wildman–Crippen MR) is 133 cm³/mol. The quantitative estimate of drug-likeness (QED) is 0.438. The number of carbonyl (C=O) groups excluding carboxylic acids is 1. The van der Waals surface area contributed by atoms with Crippen LogP contribution in [0.2, 0.25) is 5.02 Å². The van der Waals surface area contributed by atoms with E-state index in [1.165, 1.54) is 11.5 Å². The van der Waals surface area contributed by atoms with Crippen molar-refractivity contribution >= 4 is 40.0 Å². The van der Waals surface area contributed by atoms with Crippen LogP contribution in [0.5, 0.6) is 0 Å². The molecule has 1 aromatic carbocycles. The Balaban J connectivity index is 1.82. The molecule has 2 aromatic heterocycles. The number of halogens is 6. The van der Waals surface area contributed by atoms with Gasteiger partial charge in [-0.2, -0.15) is 13.2 Å². The maximum atomic E-state index is 13.6. The van der Waals surface area contributed by atoms with Gasteiger partial charge in [0, 0.05) is 31.9 Å². The summed E-state index contributed by atoms with van der Waals surface area (Å²) in [4.78, 5) is 36.6. The van der Waals surface area contributed by atoms with Gasteiger partial charge >= 0.3 is 6.18 Å². The Morgan fingerprint density at radius 2 is 1.89 bits per heavy atom. The van der Waals surface area contributed by atoms with Gasteiger partial charge in [0.1, 0.15) is 17.9 Å². The van der Waals surface area contributed by atoms with E-state index in [1.54, 1.807) is 6.92 Å². The van der Waals surface area contributed by atoms with Crippen LogP contribution in [0.3, 0.4) is 0 Å². The minimum absolute atomic E-state index is 0.0405. The van der Waals surface area contributed by atoms with Gasteiger partial charge in [0.05, 0.1) is 22.0 Å². The van der Waals surface area contributed by atoms with Crippen LogP contribution in [0.1, 0.15) is 36.0 Å². The van der Waals surface area contributed by atoms with Gasteiger partial charge in [-0.05, 0) is 31.5 Å². The molecule has 1 fully saturated rings. The van der Waals surface area contributed by atoms with Gasteiger partial charge < -0.3 is 20.1 Å². The fraction of sp³-hybridized carbons (Fsp3) is 0.417. The highest BCUT2D eigenvalue weighted by Crippen LogP contribution is 2.34. The van der Waals surface area contributed by atoms with E-state index in [9.17, 15) is 31.5 Å². The molecular formula is C24H24ClF5N6O2. The maximum Gasteiger partial charge on any atom is 0.416 e. The van der Waals surface area contributed by atoms with E-state index < -0.39 is 41.7 Å². The minimum atomic E-state index is -4.61. The summed E-state index contributed by atoms with van der Waals surface area (Å²) in [7, 11) is 0. The summed E-state index contributed by atoms with van der Waals surface area (Å²) in [5.41, 5.74) is -1.92. The van der Waals surface area contributed by atoms with Crippen molar-refractivity contribution in [3.05, 3.63) is 56.1 Å². The highest BCUT2D eigenvalue weighted by Gasteiger charge is 2.31. The Bertz CT molecular complexity index is 1440. The number of hydrogen-bond donors (Lipinski definition) is 2. The molecule has 3 heterocycles. The number of fused-ring (bicyclic) bond motifs is 1. The molecule has 1 aliphatic rings. The molecule has 1 amide bonds. The Morgan fingerprint density at radius 3 is 2.47 bits per heavy atom. The molecule has 0 unspecified atom stereocenters. The zero-order valence-corrected chi connectivity index (χ0v) is 21.2. The van der Waals surface area contributed by atoms with Gasteiger partial charge in [0.25, 0.3) is 6.43 Å². The lowest BCUT2D eigenvalue weighted by molar-refractivity contribution is -0.137. The van der Waals surface area contributed by atoms with E-state index in [2.05, 4.69) is 20.6 Å². The van der Waals surface area contributed by atoms with Gasteiger partial charge in [-0.25, -0.2) is 18.7 Å². The Kier molecular flexibility index (Phi) is 7.88. The summed E-state index contributed by atoms with van der Waals surface area (Å²) in [6.45, 7) is 4.83.